The molecule has 2 atom stereocenters. The van der Waals surface area contributed by atoms with Crippen LogP contribution in [0, 0.1) is 0 Å². The molecule has 20 heavy (non-hydrogen) atoms. The average Bonchev–Trinajstić information content (AvgIpc) is 2.93. The summed E-state index contributed by atoms with van der Waals surface area (Å²) in [6.07, 6.45) is -0.278. The topological polar surface area (TPSA) is 133 Å². The van der Waals surface area contributed by atoms with Gasteiger partial charge in [-0.15, -0.1) is 5.10 Å². The number of carbonyl (C=O) groups is 1. The van der Waals surface area contributed by atoms with Crippen LogP contribution in [0.4, 0.5) is 0 Å². The monoisotopic (exact) mass is 309 g/mol. The van der Waals surface area contributed by atoms with Gasteiger partial charge in [-0.2, -0.15) is 0 Å². The summed E-state index contributed by atoms with van der Waals surface area (Å²) in [6.45, 7) is -0.262. The highest BCUT2D eigenvalue weighted by Crippen LogP contribution is 2.51. The molecule has 0 spiro atoms. The van der Waals surface area contributed by atoms with Gasteiger partial charge in [-0.1, -0.05) is 5.21 Å². The van der Waals surface area contributed by atoms with E-state index in [1.54, 1.807) is 0 Å². The molecule has 1 aromatic rings. The second kappa shape index (κ2) is 6.91. The molecule has 0 bridgehead atoms. The van der Waals surface area contributed by atoms with Gasteiger partial charge >= 0.3 is 13.6 Å². The SMILES string of the molecule is COC(=O)c1cn(C[C@H](O)[C@@H](O)P(=O)(OC)OC)nn1. The van der Waals surface area contributed by atoms with Gasteiger partial charge < -0.3 is 24.0 Å². The first kappa shape index (κ1) is 16.7. The molecule has 0 aliphatic heterocycles. The maximum atomic E-state index is 11.9. The van der Waals surface area contributed by atoms with E-state index in [0.29, 0.717) is 0 Å². The van der Waals surface area contributed by atoms with Gasteiger partial charge in [0.05, 0.1) is 19.9 Å². The van der Waals surface area contributed by atoms with Crippen molar-refractivity contribution < 1.29 is 33.4 Å². The number of aromatic nitrogens is 3. The first-order valence-corrected chi connectivity index (χ1v) is 7.05. The van der Waals surface area contributed by atoms with Crippen molar-refractivity contribution in [2.75, 3.05) is 21.3 Å². The number of hydrogen-bond acceptors (Lipinski definition) is 9. The lowest BCUT2D eigenvalue weighted by Crippen LogP contribution is -2.31. The molecule has 0 saturated heterocycles. The van der Waals surface area contributed by atoms with Crippen LogP contribution in [-0.2, 0) is 24.9 Å². The number of nitrogens with zero attached hydrogens (tertiary/aromatic N) is 3. The molecule has 1 heterocycles. The summed E-state index contributed by atoms with van der Waals surface area (Å²) in [4.78, 5) is 11.2. The van der Waals surface area contributed by atoms with Gasteiger partial charge in [-0.3, -0.25) is 4.57 Å². The van der Waals surface area contributed by atoms with E-state index in [2.05, 4.69) is 24.1 Å². The molecule has 114 valence electrons. The van der Waals surface area contributed by atoms with Crippen LogP contribution in [0.1, 0.15) is 10.5 Å². The highest BCUT2D eigenvalue weighted by atomic mass is 31.2. The average molecular weight is 309 g/mol. The second-order valence-electron chi connectivity index (χ2n) is 3.70. The molecule has 0 saturated carbocycles. The van der Waals surface area contributed by atoms with Crippen molar-refractivity contribution in [3.8, 4) is 0 Å². The third-order valence-electron chi connectivity index (χ3n) is 2.48. The minimum Gasteiger partial charge on any atom is -0.464 e. The molecule has 10 nitrogen and oxygen atoms in total. The summed E-state index contributed by atoms with van der Waals surface area (Å²) in [6, 6.07) is 0. The molecule has 0 radical (unpaired) electrons. The van der Waals surface area contributed by atoms with Gasteiger partial charge in [0.2, 0.25) is 0 Å². The summed E-state index contributed by atoms with van der Waals surface area (Å²) in [5.74, 6) is -2.45. The molecule has 2 N–H and O–H groups in total. The molecular weight excluding hydrogens is 293 g/mol. The van der Waals surface area contributed by atoms with E-state index < -0.39 is 25.5 Å². The molecule has 0 fully saturated rings. The van der Waals surface area contributed by atoms with Crippen molar-refractivity contribution in [2.24, 2.45) is 0 Å². The Bertz CT molecular complexity index is 497. The highest BCUT2D eigenvalue weighted by Gasteiger charge is 2.38. The Labute approximate surface area is 114 Å². The Morgan fingerprint density at radius 3 is 2.50 bits per heavy atom. The first-order valence-electron chi connectivity index (χ1n) is 5.43. The normalized spacial score (nSPS) is 14.8. The number of ether oxygens (including phenoxy) is 1. The zero-order valence-electron chi connectivity index (χ0n) is 11.2. The Balaban J connectivity index is 2.75. The van der Waals surface area contributed by atoms with Crippen molar-refractivity contribution in [2.45, 2.75) is 18.5 Å². The molecule has 0 unspecified atom stereocenters. The highest BCUT2D eigenvalue weighted by molar-refractivity contribution is 7.54. The fourth-order valence-electron chi connectivity index (χ4n) is 1.37. The fourth-order valence-corrected chi connectivity index (χ4v) is 2.47. The smallest absolute Gasteiger partial charge is 0.361 e. The Morgan fingerprint density at radius 1 is 1.40 bits per heavy atom. The number of hydrogen-bond donors (Lipinski definition) is 2. The fraction of sp³-hybridized carbons (Fsp3) is 0.667. The predicted octanol–water partition coefficient (Wildman–Crippen LogP) is -0.770. The predicted molar refractivity (Wildman–Crippen MR) is 65.0 cm³/mol. The van der Waals surface area contributed by atoms with Crippen LogP contribution in [0.3, 0.4) is 0 Å². The van der Waals surface area contributed by atoms with E-state index in [1.165, 1.54) is 13.3 Å². The van der Waals surface area contributed by atoms with E-state index >= 15 is 0 Å². The minimum absolute atomic E-state index is 0.0594. The van der Waals surface area contributed by atoms with E-state index in [-0.39, 0.29) is 12.2 Å². The number of methoxy groups -OCH3 is 1. The van der Waals surface area contributed by atoms with Gasteiger partial charge in [-0.25, -0.2) is 9.48 Å². The maximum Gasteiger partial charge on any atom is 0.361 e. The number of aliphatic hydroxyl groups is 2. The van der Waals surface area contributed by atoms with Crippen molar-refractivity contribution in [1.82, 2.24) is 15.0 Å². The second-order valence-corrected chi connectivity index (χ2v) is 6.04. The van der Waals surface area contributed by atoms with E-state index in [1.807, 2.05) is 0 Å². The first-order chi connectivity index (χ1) is 9.37. The summed E-state index contributed by atoms with van der Waals surface area (Å²) in [5, 5.41) is 26.6. The van der Waals surface area contributed by atoms with Gasteiger partial charge in [-0.05, 0) is 0 Å². The third kappa shape index (κ3) is 3.62. The minimum atomic E-state index is -3.83. The molecule has 1 rings (SSSR count). The van der Waals surface area contributed by atoms with Crippen molar-refractivity contribution in [1.29, 1.82) is 0 Å². The lowest BCUT2D eigenvalue weighted by atomic mass is 10.4. The number of esters is 1. The zero-order chi connectivity index (χ0) is 15.3. The van der Waals surface area contributed by atoms with Crippen LogP contribution < -0.4 is 0 Å². The molecule has 0 amide bonds. The van der Waals surface area contributed by atoms with Gasteiger partial charge in [0, 0.05) is 14.2 Å². The number of aliphatic hydroxyl groups excluding tert-OH is 2. The van der Waals surface area contributed by atoms with Crippen LogP contribution in [0.15, 0.2) is 6.20 Å². The molecule has 1 aromatic heterocycles. The number of carbonyl (C=O) groups excluding carboxylic acids is 1. The lowest BCUT2D eigenvalue weighted by Gasteiger charge is -2.23. The van der Waals surface area contributed by atoms with Crippen molar-refractivity contribution >= 4 is 13.6 Å². The Morgan fingerprint density at radius 2 is 2.00 bits per heavy atom. The van der Waals surface area contributed by atoms with Crippen LogP contribution in [0.2, 0.25) is 0 Å². The summed E-state index contributed by atoms with van der Waals surface area (Å²) < 4.78 is 26.5. The van der Waals surface area contributed by atoms with Crippen molar-refractivity contribution in [3.05, 3.63) is 11.9 Å². The Hall–Kier alpha value is -1.32. The van der Waals surface area contributed by atoms with Crippen molar-refractivity contribution in [3.63, 3.8) is 0 Å². The standard InChI is InChI=1S/C9H16N3O7P/c1-17-8(14)6-4-12(11-10-6)5-7(13)9(15)20(16,18-2)19-3/h4,7,9,13,15H,5H2,1-3H3/t7-,9-/m0/s1. The van der Waals surface area contributed by atoms with Gasteiger partial charge in [0.25, 0.3) is 0 Å². The third-order valence-corrected chi connectivity index (χ3v) is 4.49. The molecular formula is C9H16N3O7P. The van der Waals surface area contributed by atoms with E-state index in [4.69, 9.17) is 0 Å². The quantitative estimate of drug-likeness (QED) is 0.492. The van der Waals surface area contributed by atoms with E-state index in [9.17, 15) is 19.6 Å². The van der Waals surface area contributed by atoms with Gasteiger partial charge in [0.1, 0.15) is 6.10 Å². The van der Waals surface area contributed by atoms with Crippen LogP contribution >= 0.6 is 7.60 Å². The largest absolute Gasteiger partial charge is 0.464 e. The molecule has 0 aromatic carbocycles. The summed E-state index contributed by atoms with van der Waals surface area (Å²) >= 11 is 0. The van der Waals surface area contributed by atoms with Crippen LogP contribution in [0.5, 0.6) is 0 Å². The summed E-state index contributed by atoms with van der Waals surface area (Å²) in [5.41, 5.74) is -0.0594. The Kier molecular flexibility index (Phi) is 5.78. The molecule has 0 aliphatic carbocycles. The maximum absolute atomic E-state index is 11.9. The lowest BCUT2D eigenvalue weighted by molar-refractivity contribution is 0.0330. The van der Waals surface area contributed by atoms with E-state index in [0.717, 1.165) is 18.9 Å². The summed E-state index contributed by atoms with van der Waals surface area (Å²) in [7, 11) is -0.466. The number of rotatable bonds is 7. The van der Waals surface area contributed by atoms with Crippen LogP contribution in [-0.4, -0.2) is 64.5 Å². The molecule has 11 heteroatoms. The van der Waals surface area contributed by atoms with Gasteiger partial charge in [0.15, 0.2) is 11.5 Å². The zero-order valence-corrected chi connectivity index (χ0v) is 12.1. The van der Waals surface area contributed by atoms with Crippen LogP contribution in [0.25, 0.3) is 0 Å². The molecule has 0 aliphatic rings.